The van der Waals surface area contributed by atoms with Gasteiger partial charge in [-0.05, 0) is 12.8 Å². The van der Waals surface area contributed by atoms with Crippen molar-refractivity contribution in [2.24, 2.45) is 0 Å². The maximum absolute atomic E-state index is 11.3. The first kappa shape index (κ1) is 8.05. The summed E-state index contributed by atoms with van der Waals surface area (Å²) in [6.45, 7) is 0.862. The molecule has 0 saturated carbocycles. The molecule has 2 atom stereocenters. The van der Waals surface area contributed by atoms with E-state index in [0.29, 0.717) is 6.42 Å². The lowest BCUT2D eigenvalue weighted by atomic mass is 10.1. The van der Waals surface area contributed by atoms with Crippen molar-refractivity contribution in [1.29, 1.82) is 0 Å². The molecule has 0 spiro atoms. The van der Waals surface area contributed by atoms with Crippen molar-refractivity contribution in [2.75, 3.05) is 6.54 Å². The number of rotatable bonds is 0. The maximum Gasteiger partial charge on any atom is 0.225 e. The van der Waals surface area contributed by atoms with E-state index in [-0.39, 0.29) is 11.9 Å². The fourth-order valence-corrected chi connectivity index (χ4v) is 2.28. The molecule has 1 amide bonds. The molecule has 2 saturated heterocycles. The van der Waals surface area contributed by atoms with E-state index in [1.165, 1.54) is 6.42 Å². The standard InChI is InChI=1S/C9H15NO2/c11-8-6-9(12)10-5-3-1-2-4-7(8)10/h7-8,11H,1-6H2. The van der Waals surface area contributed by atoms with Gasteiger partial charge in [-0.25, -0.2) is 0 Å². The van der Waals surface area contributed by atoms with Crippen LogP contribution in [0.4, 0.5) is 0 Å². The number of carbonyl (C=O) groups is 1. The number of fused-ring (bicyclic) bond motifs is 1. The smallest absolute Gasteiger partial charge is 0.225 e. The Morgan fingerprint density at radius 1 is 1.33 bits per heavy atom. The Hall–Kier alpha value is -0.570. The van der Waals surface area contributed by atoms with E-state index >= 15 is 0 Å². The topological polar surface area (TPSA) is 40.5 Å². The lowest BCUT2D eigenvalue weighted by Gasteiger charge is -2.23. The largest absolute Gasteiger partial charge is 0.390 e. The summed E-state index contributed by atoms with van der Waals surface area (Å²) in [5.74, 6) is 0.148. The highest BCUT2D eigenvalue weighted by atomic mass is 16.3. The van der Waals surface area contributed by atoms with Gasteiger partial charge in [-0.1, -0.05) is 12.8 Å². The van der Waals surface area contributed by atoms with Gasteiger partial charge < -0.3 is 10.0 Å². The third-order valence-electron chi connectivity index (χ3n) is 2.95. The Labute approximate surface area is 72.4 Å². The van der Waals surface area contributed by atoms with E-state index < -0.39 is 6.10 Å². The van der Waals surface area contributed by atoms with E-state index in [4.69, 9.17) is 0 Å². The first-order chi connectivity index (χ1) is 5.79. The van der Waals surface area contributed by atoms with Crippen LogP contribution in [-0.2, 0) is 4.79 Å². The SMILES string of the molecule is O=C1CC(O)C2CCCCCN12. The highest BCUT2D eigenvalue weighted by Crippen LogP contribution is 2.27. The third-order valence-corrected chi connectivity index (χ3v) is 2.95. The van der Waals surface area contributed by atoms with Gasteiger partial charge in [-0.2, -0.15) is 0 Å². The minimum atomic E-state index is -0.393. The predicted octanol–water partition coefficient (Wildman–Crippen LogP) is 0.522. The van der Waals surface area contributed by atoms with E-state index in [2.05, 4.69) is 0 Å². The van der Waals surface area contributed by atoms with Crippen LogP contribution in [0, 0.1) is 0 Å². The monoisotopic (exact) mass is 169 g/mol. The molecule has 3 heteroatoms. The fourth-order valence-electron chi connectivity index (χ4n) is 2.28. The maximum atomic E-state index is 11.3. The fraction of sp³-hybridized carbons (Fsp3) is 0.889. The number of nitrogens with zero attached hydrogens (tertiary/aromatic N) is 1. The Morgan fingerprint density at radius 3 is 3.00 bits per heavy atom. The van der Waals surface area contributed by atoms with Crippen molar-refractivity contribution >= 4 is 5.91 Å². The molecular formula is C9H15NO2. The number of aliphatic hydroxyl groups excluding tert-OH is 1. The summed E-state index contributed by atoms with van der Waals surface area (Å²) in [6, 6.07) is 0.139. The molecule has 0 aliphatic carbocycles. The first-order valence-corrected chi connectivity index (χ1v) is 4.76. The quantitative estimate of drug-likeness (QED) is 0.574. The van der Waals surface area contributed by atoms with E-state index in [1.54, 1.807) is 0 Å². The van der Waals surface area contributed by atoms with Crippen LogP contribution in [0.2, 0.25) is 0 Å². The first-order valence-electron chi connectivity index (χ1n) is 4.76. The van der Waals surface area contributed by atoms with Gasteiger partial charge in [0.1, 0.15) is 0 Å². The summed E-state index contributed by atoms with van der Waals surface area (Å²) >= 11 is 0. The van der Waals surface area contributed by atoms with Gasteiger partial charge in [0.2, 0.25) is 5.91 Å². The molecule has 3 nitrogen and oxygen atoms in total. The second-order valence-corrected chi connectivity index (χ2v) is 3.78. The van der Waals surface area contributed by atoms with Crippen LogP contribution in [0.25, 0.3) is 0 Å². The summed E-state index contributed by atoms with van der Waals surface area (Å²) in [6.07, 6.45) is 4.42. The van der Waals surface area contributed by atoms with Crippen LogP contribution in [0.15, 0.2) is 0 Å². The highest BCUT2D eigenvalue weighted by Gasteiger charge is 2.38. The van der Waals surface area contributed by atoms with Crippen molar-refractivity contribution in [3.05, 3.63) is 0 Å². The summed E-state index contributed by atoms with van der Waals surface area (Å²) in [4.78, 5) is 13.2. The number of hydrogen-bond acceptors (Lipinski definition) is 2. The molecule has 1 N–H and O–H groups in total. The minimum Gasteiger partial charge on any atom is -0.390 e. The van der Waals surface area contributed by atoms with Crippen molar-refractivity contribution in [1.82, 2.24) is 4.90 Å². The van der Waals surface area contributed by atoms with Gasteiger partial charge in [0.15, 0.2) is 0 Å². The number of carbonyl (C=O) groups excluding carboxylic acids is 1. The van der Waals surface area contributed by atoms with Gasteiger partial charge in [-0.3, -0.25) is 4.79 Å². The van der Waals surface area contributed by atoms with Gasteiger partial charge in [-0.15, -0.1) is 0 Å². The molecule has 2 rings (SSSR count). The van der Waals surface area contributed by atoms with E-state index in [0.717, 1.165) is 25.8 Å². The van der Waals surface area contributed by atoms with Gasteiger partial charge in [0.25, 0.3) is 0 Å². The lowest BCUT2D eigenvalue weighted by Crippen LogP contribution is -2.36. The molecule has 12 heavy (non-hydrogen) atoms. The third kappa shape index (κ3) is 1.22. The molecule has 2 unspecified atom stereocenters. The van der Waals surface area contributed by atoms with Gasteiger partial charge >= 0.3 is 0 Å². The van der Waals surface area contributed by atoms with Crippen molar-refractivity contribution in [3.8, 4) is 0 Å². The number of hydrogen-bond donors (Lipinski definition) is 1. The summed E-state index contributed by atoms with van der Waals surface area (Å²) in [7, 11) is 0. The molecule has 0 aromatic carbocycles. The van der Waals surface area contributed by atoms with Crippen LogP contribution in [-0.4, -0.2) is 34.6 Å². The van der Waals surface area contributed by atoms with E-state index in [1.807, 2.05) is 4.90 Å². The van der Waals surface area contributed by atoms with Gasteiger partial charge in [0, 0.05) is 6.54 Å². The molecule has 0 aromatic rings. The molecule has 2 aliphatic rings. The van der Waals surface area contributed by atoms with Crippen LogP contribution in [0.1, 0.15) is 32.1 Å². The molecule has 2 aliphatic heterocycles. The molecule has 0 aromatic heterocycles. The van der Waals surface area contributed by atoms with Crippen molar-refractivity contribution in [2.45, 2.75) is 44.2 Å². The van der Waals surface area contributed by atoms with Crippen LogP contribution >= 0.6 is 0 Å². The molecule has 0 bridgehead atoms. The lowest BCUT2D eigenvalue weighted by molar-refractivity contribution is -0.128. The highest BCUT2D eigenvalue weighted by molar-refractivity contribution is 5.79. The Bertz CT molecular complexity index is 193. The van der Waals surface area contributed by atoms with E-state index in [9.17, 15) is 9.90 Å². The van der Waals surface area contributed by atoms with Crippen LogP contribution < -0.4 is 0 Å². The summed E-state index contributed by atoms with van der Waals surface area (Å²) in [5, 5.41) is 9.56. The zero-order valence-corrected chi connectivity index (χ0v) is 7.20. The summed E-state index contributed by atoms with van der Waals surface area (Å²) < 4.78 is 0. The molecular weight excluding hydrogens is 154 g/mol. The molecule has 2 heterocycles. The summed E-state index contributed by atoms with van der Waals surface area (Å²) in [5.41, 5.74) is 0. The zero-order valence-electron chi connectivity index (χ0n) is 7.20. The average molecular weight is 169 g/mol. The molecule has 0 radical (unpaired) electrons. The second kappa shape index (κ2) is 3.05. The van der Waals surface area contributed by atoms with Crippen molar-refractivity contribution < 1.29 is 9.90 Å². The Morgan fingerprint density at radius 2 is 2.17 bits per heavy atom. The zero-order chi connectivity index (χ0) is 8.55. The second-order valence-electron chi connectivity index (χ2n) is 3.78. The molecule has 68 valence electrons. The molecule has 2 fully saturated rings. The van der Waals surface area contributed by atoms with Crippen molar-refractivity contribution in [3.63, 3.8) is 0 Å². The van der Waals surface area contributed by atoms with Crippen LogP contribution in [0.5, 0.6) is 0 Å². The minimum absolute atomic E-state index is 0.139. The predicted molar refractivity (Wildman–Crippen MR) is 44.6 cm³/mol. The Kier molecular flexibility index (Phi) is 2.05. The normalized spacial score (nSPS) is 36.4. The number of aliphatic hydroxyl groups is 1. The Balaban J connectivity index is 2.12. The van der Waals surface area contributed by atoms with Gasteiger partial charge in [0.05, 0.1) is 18.6 Å². The number of amides is 1. The average Bonchev–Trinajstić information content (AvgIpc) is 2.29. The van der Waals surface area contributed by atoms with Crippen LogP contribution in [0.3, 0.4) is 0 Å².